The molecule has 5 heterocycles. The van der Waals surface area contributed by atoms with Crippen molar-refractivity contribution in [1.29, 1.82) is 0 Å². The first-order chi connectivity index (χ1) is 17.7. The third-order valence-electron chi connectivity index (χ3n) is 7.61. The molecule has 9 heteroatoms. The van der Waals surface area contributed by atoms with Crippen LogP contribution in [0.25, 0.3) is 22.6 Å². The van der Waals surface area contributed by atoms with Gasteiger partial charge in [-0.2, -0.15) is 0 Å². The molecule has 36 heavy (non-hydrogen) atoms. The van der Waals surface area contributed by atoms with E-state index in [0.717, 1.165) is 86.7 Å². The van der Waals surface area contributed by atoms with Crippen LogP contribution < -0.4 is 0 Å². The molecule has 0 atom stereocenters. The summed E-state index contributed by atoms with van der Waals surface area (Å²) in [6.45, 7) is 6.41. The molecule has 0 aliphatic carbocycles. The van der Waals surface area contributed by atoms with Gasteiger partial charge in [0.2, 0.25) is 5.91 Å². The van der Waals surface area contributed by atoms with Crippen LogP contribution >= 0.6 is 11.5 Å². The van der Waals surface area contributed by atoms with Gasteiger partial charge in [-0.1, -0.05) is 16.6 Å². The van der Waals surface area contributed by atoms with Gasteiger partial charge in [0.1, 0.15) is 5.69 Å². The van der Waals surface area contributed by atoms with E-state index in [0.29, 0.717) is 11.9 Å². The van der Waals surface area contributed by atoms with E-state index in [4.69, 9.17) is 4.98 Å². The molecule has 0 radical (unpaired) electrons. The third kappa shape index (κ3) is 4.65. The Bertz CT molecular complexity index is 1320. The number of aryl methyl sites for hydroxylation is 1. The lowest BCUT2D eigenvalue weighted by molar-refractivity contribution is -0.138. The van der Waals surface area contributed by atoms with E-state index in [1.807, 2.05) is 29.8 Å². The Balaban J connectivity index is 1.13. The normalized spacial score (nSPS) is 18.2. The summed E-state index contributed by atoms with van der Waals surface area (Å²) in [6, 6.07) is 12.8. The number of fused-ring (bicyclic) bond motifs is 1. The first-order valence-electron chi connectivity index (χ1n) is 12.8. The Morgan fingerprint density at radius 2 is 1.89 bits per heavy atom. The highest BCUT2D eigenvalue weighted by Crippen LogP contribution is 2.34. The Morgan fingerprint density at radius 1 is 1.06 bits per heavy atom. The maximum absolute atomic E-state index is 13.4. The van der Waals surface area contributed by atoms with Gasteiger partial charge in [-0.25, -0.2) is 4.98 Å². The van der Waals surface area contributed by atoms with Crippen LogP contribution in [0.5, 0.6) is 0 Å². The molecule has 0 N–H and O–H groups in total. The Kier molecular flexibility index (Phi) is 6.50. The van der Waals surface area contributed by atoms with Crippen molar-refractivity contribution in [2.45, 2.75) is 45.2 Å². The van der Waals surface area contributed by atoms with Gasteiger partial charge >= 0.3 is 0 Å². The number of pyridine rings is 1. The molecule has 2 aliphatic heterocycles. The fourth-order valence-electron chi connectivity index (χ4n) is 5.68. The third-order valence-corrected chi connectivity index (χ3v) is 8.16. The summed E-state index contributed by atoms with van der Waals surface area (Å²) in [6.07, 6.45) is 5.53. The van der Waals surface area contributed by atoms with E-state index >= 15 is 0 Å². The van der Waals surface area contributed by atoms with Crippen LogP contribution in [-0.2, 0) is 11.3 Å². The minimum Gasteiger partial charge on any atom is -0.342 e. The molecule has 0 saturated carbocycles. The van der Waals surface area contributed by atoms with Gasteiger partial charge < -0.3 is 9.47 Å². The zero-order valence-electron chi connectivity index (χ0n) is 20.6. The maximum atomic E-state index is 13.4. The van der Waals surface area contributed by atoms with Crippen LogP contribution in [0.15, 0.2) is 48.0 Å². The van der Waals surface area contributed by atoms with Gasteiger partial charge in [0.15, 0.2) is 5.82 Å². The summed E-state index contributed by atoms with van der Waals surface area (Å²) in [7, 11) is 0. The lowest BCUT2D eigenvalue weighted by atomic mass is 9.93. The van der Waals surface area contributed by atoms with Crippen LogP contribution in [0, 0.1) is 12.8 Å². The second-order valence-corrected chi connectivity index (χ2v) is 10.6. The summed E-state index contributed by atoms with van der Waals surface area (Å²) >= 11 is 1.39. The number of likely N-dealkylation sites (tertiary alicyclic amines) is 2. The lowest BCUT2D eigenvalue weighted by Crippen LogP contribution is -2.45. The Hall–Kier alpha value is -3.17. The van der Waals surface area contributed by atoms with Gasteiger partial charge in [-0.05, 0) is 87.1 Å². The molecule has 8 nitrogen and oxygen atoms in total. The standard InChI is InChI=1S/C27H31N7OS/c1-19-5-6-25-24(16-19)29-26(23-4-2-3-11-28-23)34(25)22-9-14-33(15-10-22)27(35)20-7-12-32(13-8-20)17-21-18-36-31-30-21/h2-6,11,16,18,20,22H,7-10,12-15,17H2,1H3. The Morgan fingerprint density at radius 3 is 2.61 bits per heavy atom. The van der Waals surface area contributed by atoms with Crippen LogP contribution in [0.1, 0.15) is 43.0 Å². The number of rotatable bonds is 5. The highest BCUT2D eigenvalue weighted by atomic mass is 32.1. The van der Waals surface area contributed by atoms with E-state index in [1.54, 1.807) is 0 Å². The zero-order valence-corrected chi connectivity index (χ0v) is 21.4. The second kappa shape index (κ2) is 10.1. The van der Waals surface area contributed by atoms with Gasteiger partial charge in [0, 0.05) is 43.2 Å². The summed E-state index contributed by atoms with van der Waals surface area (Å²) in [5, 5.41) is 6.16. The van der Waals surface area contributed by atoms with Crippen LogP contribution in [0.2, 0.25) is 0 Å². The van der Waals surface area contributed by atoms with Crippen molar-refractivity contribution in [3.63, 3.8) is 0 Å². The highest BCUT2D eigenvalue weighted by Gasteiger charge is 2.32. The van der Waals surface area contributed by atoms with Gasteiger partial charge in [-0.3, -0.25) is 14.7 Å². The molecule has 0 unspecified atom stereocenters. The van der Waals surface area contributed by atoms with Crippen LogP contribution in [0.4, 0.5) is 0 Å². The van der Waals surface area contributed by atoms with Crippen LogP contribution in [-0.4, -0.2) is 66.0 Å². The van der Waals surface area contributed by atoms with Gasteiger partial charge in [0.25, 0.3) is 0 Å². The average molecular weight is 502 g/mol. The molecule has 0 spiro atoms. The minimum atomic E-state index is 0.132. The molecule has 2 saturated heterocycles. The van der Waals surface area contributed by atoms with Crippen LogP contribution in [0.3, 0.4) is 0 Å². The summed E-state index contributed by atoms with van der Waals surface area (Å²) in [4.78, 5) is 27.4. The summed E-state index contributed by atoms with van der Waals surface area (Å²) in [5.74, 6) is 1.38. The first kappa shape index (κ1) is 23.2. The van der Waals surface area contributed by atoms with Crippen molar-refractivity contribution in [3.05, 3.63) is 59.2 Å². The average Bonchev–Trinajstić information content (AvgIpc) is 3.57. The summed E-state index contributed by atoms with van der Waals surface area (Å²) < 4.78 is 6.32. The monoisotopic (exact) mass is 501 g/mol. The minimum absolute atomic E-state index is 0.132. The molecule has 1 amide bonds. The number of nitrogens with zero attached hydrogens (tertiary/aromatic N) is 7. The quantitative estimate of drug-likeness (QED) is 0.405. The molecule has 2 fully saturated rings. The van der Waals surface area contributed by atoms with E-state index < -0.39 is 0 Å². The number of carbonyl (C=O) groups is 1. The molecule has 4 aromatic rings. The molecule has 1 aromatic carbocycles. The molecule has 186 valence electrons. The van der Waals surface area contributed by atoms with Gasteiger partial charge in [0.05, 0.1) is 16.7 Å². The smallest absolute Gasteiger partial charge is 0.225 e. The van der Waals surface area contributed by atoms with Crippen molar-refractivity contribution < 1.29 is 4.79 Å². The first-order valence-corrected chi connectivity index (χ1v) is 13.7. The number of benzene rings is 1. The number of hydrogen-bond donors (Lipinski definition) is 0. The lowest BCUT2D eigenvalue weighted by Gasteiger charge is -2.37. The highest BCUT2D eigenvalue weighted by molar-refractivity contribution is 7.03. The molecule has 2 aliphatic rings. The number of amides is 1. The van der Waals surface area contributed by atoms with Crippen molar-refractivity contribution in [1.82, 2.24) is 33.9 Å². The largest absolute Gasteiger partial charge is 0.342 e. The number of carbonyl (C=O) groups excluding carboxylic acids is 1. The van der Waals surface area contributed by atoms with Crippen molar-refractivity contribution in [2.24, 2.45) is 5.92 Å². The van der Waals surface area contributed by atoms with Gasteiger partial charge in [-0.15, -0.1) is 5.10 Å². The van der Waals surface area contributed by atoms with Crippen molar-refractivity contribution in [2.75, 3.05) is 26.2 Å². The summed E-state index contributed by atoms with van der Waals surface area (Å²) in [5.41, 5.74) is 5.28. The molecule has 6 rings (SSSR count). The number of aromatic nitrogens is 5. The van der Waals surface area contributed by atoms with E-state index in [1.165, 1.54) is 17.1 Å². The molecule has 0 bridgehead atoms. The SMILES string of the molecule is Cc1ccc2c(c1)nc(-c1ccccn1)n2C1CCN(C(=O)C2CCN(Cc3csnn3)CC2)CC1. The van der Waals surface area contributed by atoms with Crippen molar-refractivity contribution in [3.8, 4) is 11.5 Å². The molecular weight excluding hydrogens is 470 g/mol. The Labute approximate surface area is 215 Å². The topological polar surface area (TPSA) is 80.0 Å². The van der Waals surface area contributed by atoms with E-state index in [2.05, 4.69) is 54.1 Å². The molecule has 3 aromatic heterocycles. The predicted octanol–water partition coefficient (Wildman–Crippen LogP) is 4.33. The number of imidazole rings is 1. The number of piperidine rings is 2. The second-order valence-electron chi connectivity index (χ2n) is 10.0. The maximum Gasteiger partial charge on any atom is 0.225 e. The zero-order chi connectivity index (χ0) is 24.5. The van der Waals surface area contributed by atoms with E-state index in [9.17, 15) is 4.79 Å². The number of hydrogen-bond acceptors (Lipinski definition) is 7. The fraction of sp³-hybridized carbons (Fsp3) is 0.444. The van der Waals surface area contributed by atoms with E-state index in [-0.39, 0.29) is 5.92 Å². The molecular formula is C27H31N7OS. The fourth-order valence-corrected chi connectivity index (χ4v) is 6.12. The predicted molar refractivity (Wildman–Crippen MR) is 140 cm³/mol. The van der Waals surface area contributed by atoms with Crippen molar-refractivity contribution >= 4 is 28.5 Å².